The fourth-order valence-electron chi connectivity index (χ4n) is 2.91. The molecule has 3 aromatic rings. The first-order valence-corrected chi connectivity index (χ1v) is 9.16. The molecule has 0 radical (unpaired) electrons. The summed E-state index contributed by atoms with van der Waals surface area (Å²) in [6, 6.07) is 11.2. The number of carbonyl (C=O) groups is 2. The third-order valence-electron chi connectivity index (χ3n) is 4.39. The van der Waals surface area contributed by atoms with Crippen molar-refractivity contribution in [3.8, 4) is 0 Å². The van der Waals surface area contributed by atoms with Crippen LogP contribution in [0, 0.1) is 5.41 Å². The topological polar surface area (TPSA) is 166 Å². The quantitative estimate of drug-likeness (QED) is 0.275. The Labute approximate surface area is 170 Å². The number of fused-ring (bicyclic) bond motifs is 1. The lowest BCUT2D eigenvalue weighted by molar-refractivity contribution is -0.122. The Balaban J connectivity index is 1.63. The summed E-state index contributed by atoms with van der Waals surface area (Å²) >= 11 is 0. The van der Waals surface area contributed by atoms with Crippen LogP contribution in [0.25, 0.3) is 11.1 Å². The Morgan fingerprint density at radius 1 is 1.17 bits per heavy atom. The van der Waals surface area contributed by atoms with Gasteiger partial charge in [-0.15, -0.1) is 0 Å². The molecular formula is C20H21N5O5. The van der Waals surface area contributed by atoms with Gasteiger partial charge in [0.2, 0.25) is 11.8 Å². The van der Waals surface area contributed by atoms with Crippen molar-refractivity contribution in [2.24, 2.45) is 5.73 Å². The normalized spacial score (nSPS) is 10.7. The molecule has 0 fully saturated rings. The summed E-state index contributed by atoms with van der Waals surface area (Å²) in [6.45, 7) is -0.233. The largest absolute Gasteiger partial charge is 0.417 e. The first kappa shape index (κ1) is 20.8. The SMILES string of the molecule is N=C(N)c1ccc(NC(=O)CCC(=O)N(CCO)c2ccc3[nH]c(=O)oc3c2)cc1. The zero-order valence-corrected chi connectivity index (χ0v) is 16.0. The number of hydrogen-bond acceptors (Lipinski definition) is 6. The number of oxazole rings is 1. The van der Waals surface area contributed by atoms with Gasteiger partial charge in [0.25, 0.3) is 0 Å². The van der Waals surface area contributed by atoms with Crippen LogP contribution in [0.1, 0.15) is 18.4 Å². The number of benzene rings is 2. The number of carbonyl (C=O) groups excluding carboxylic acids is 2. The van der Waals surface area contributed by atoms with Crippen LogP contribution in [-0.2, 0) is 9.59 Å². The molecule has 0 bridgehead atoms. The Bertz CT molecular complexity index is 1130. The van der Waals surface area contributed by atoms with Gasteiger partial charge in [-0.25, -0.2) is 4.79 Å². The zero-order chi connectivity index (χ0) is 21.7. The van der Waals surface area contributed by atoms with E-state index in [1.807, 2.05) is 0 Å². The van der Waals surface area contributed by atoms with E-state index in [0.717, 1.165) is 0 Å². The van der Waals surface area contributed by atoms with Crippen LogP contribution < -0.4 is 21.7 Å². The summed E-state index contributed by atoms with van der Waals surface area (Å²) in [5.41, 5.74) is 7.69. The van der Waals surface area contributed by atoms with Crippen LogP contribution in [0.2, 0.25) is 0 Å². The summed E-state index contributed by atoms with van der Waals surface area (Å²) in [6.07, 6.45) is -0.136. The molecule has 30 heavy (non-hydrogen) atoms. The minimum Gasteiger partial charge on any atom is -0.408 e. The molecular weight excluding hydrogens is 390 g/mol. The standard InChI is InChI=1S/C20H21N5O5/c21-19(22)12-1-3-13(4-2-12)23-17(27)7-8-18(28)25(9-10-26)14-5-6-15-16(11-14)30-20(29)24-15/h1-6,11,26H,7-10H2,(H3,21,22)(H,23,27)(H,24,29). The Kier molecular flexibility index (Phi) is 6.28. The molecule has 10 heteroatoms. The number of aromatic amines is 1. The molecule has 0 aliphatic rings. The van der Waals surface area contributed by atoms with E-state index in [-0.39, 0.29) is 43.6 Å². The van der Waals surface area contributed by atoms with Gasteiger partial charge in [0.05, 0.1) is 12.1 Å². The van der Waals surface area contributed by atoms with E-state index in [1.54, 1.807) is 36.4 Å². The van der Waals surface area contributed by atoms with E-state index in [9.17, 15) is 19.5 Å². The first-order valence-electron chi connectivity index (χ1n) is 9.16. The predicted molar refractivity (Wildman–Crippen MR) is 112 cm³/mol. The lowest BCUT2D eigenvalue weighted by atomic mass is 10.2. The van der Waals surface area contributed by atoms with Crippen LogP contribution in [0.15, 0.2) is 51.7 Å². The van der Waals surface area contributed by atoms with E-state index >= 15 is 0 Å². The van der Waals surface area contributed by atoms with Crippen LogP contribution in [-0.4, -0.2) is 40.9 Å². The number of anilines is 2. The van der Waals surface area contributed by atoms with Crippen molar-refractivity contribution in [3.05, 3.63) is 58.6 Å². The maximum atomic E-state index is 12.6. The van der Waals surface area contributed by atoms with Crippen molar-refractivity contribution in [2.45, 2.75) is 12.8 Å². The average Bonchev–Trinajstić information content (AvgIpc) is 3.09. The molecule has 0 spiro atoms. The average molecular weight is 411 g/mol. The van der Waals surface area contributed by atoms with E-state index in [0.29, 0.717) is 28.0 Å². The molecule has 1 heterocycles. The molecule has 0 unspecified atom stereocenters. The first-order chi connectivity index (χ1) is 14.4. The number of amides is 2. The summed E-state index contributed by atoms with van der Waals surface area (Å²) in [4.78, 5) is 40.0. The molecule has 6 N–H and O–H groups in total. The van der Waals surface area contributed by atoms with Gasteiger partial charge in [0.15, 0.2) is 5.58 Å². The minimum absolute atomic E-state index is 0.0348. The van der Waals surface area contributed by atoms with Crippen molar-refractivity contribution in [3.63, 3.8) is 0 Å². The number of nitrogens with one attached hydrogen (secondary N) is 3. The molecule has 1 aromatic heterocycles. The molecule has 0 saturated heterocycles. The Morgan fingerprint density at radius 3 is 2.57 bits per heavy atom. The highest BCUT2D eigenvalue weighted by Crippen LogP contribution is 2.21. The molecule has 2 aromatic carbocycles. The molecule has 2 amide bonds. The maximum absolute atomic E-state index is 12.6. The van der Waals surface area contributed by atoms with Crippen molar-refractivity contribution in [1.29, 1.82) is 5.41 Å². The summed E-state index contributed by atoms with van der Waals surface area (Å²) in [5, 5.41) is 19.4. The second kappa shape index (κ2) is 9.05. The summed E-state index contributed by atoms with van der Waals surface area (Å²) in [5.74, 6) is -1.38. The van der Waals surface area contributed by atoms with Crippen LogP contribution in [0.4, 0.5) is 11.4 Å². The van der Waals surface area contributed by atoms with Crippen molar-refractivity contribution in [2.75, 3.05) is 23.4 Å². The summed E-state index contributed by atoms with van der Waals surface area (Å²) < 4.78 is 5.01. The summed E-state index contributed by atoms with van der Waals surface area (Å²) in [7, 11) is 0. The molecule has 0 saturated carbocycles. The maximum Gasteiger partial charge on any atom is 0.417 e. The Hall–Kier alpha value is -3.92. The smallest absolute Gasteiger partial charge is 0.408 e. The van der Waals surface area contributed by atoms with Gasteiger partial charge in [0, 0.05) is 42.4 Å². The number of aromatic nitrogens is 1. The van der Waals surface area contributed by atoms with Gasteiger partial charge in [-0.2, -0.15) is 0 Å². The van der Waals surface area contributed by atoms with Gasteiger partial charge in [-0.1, -0.05) is 0 Å². The van der Waals surface area contributed by atoms with Crippen LogP contribution in [0.3, 0.4) is 0 Å². The van der Waals surface area contributed by atoms with Gasteiger partial charge in [-0.05, 0) is 36.4 Å². The molecule has 0 aliphatic heterocycles. The number of amidine groups is 1. The predicted octanol–water partition coefficient (Wildman–Crippen LogP) is 1.15. The fraction of sp³-hybridized carbons (Fsp3) is 0.200. The number of aliphatic hydroxyl groups is 1. The lowest BCUT2D eigenvalue weighted by Crippen LogP contribution is -2.34. The van der Waals surface area contributed by atoms with E-state index in [2.05, 4.69) is 10.3 Å². The Morgan fingerprint density at radius 2 is 1.90 bits per heavy atom. The number of rotatable bonds is 8. The highest BCUT2D eigenvalue weighted by atomic mass is 16.4. The zero-order valence-electron chi connectivity index (χ0n) is 16.0. The number of hydrogen-bond donors (Lipinski definition) is 5. The van der Waals surface area contributed by atoms with Crippen molar-refractivity contribution >= 4 is 40.1 Å². The second-order valence-electron chi connectivity index (χ2n) is 6.50. The van der Waals surface area contributed by atoms with E-state index in [4.69, 9.17) is 15.6 Å². The van der Waals surface area contributed by atoms with Gasteiger partial charge >= 0.3 is 5.76 Å². The number of nitrogen functional groups attached to an aromatic ring is 1. The number of nitrogens with two attached hydrogens (primary N) is 1. The van der Waals surface area contributed by atoms with Crippen LogP contribution >= 0.6 is 0 Å². The monoisotopic (exact) mass is 411 g/mol. The highest BCUT2D eigenvalue weighted by Gasteiger charge is 2.18. The molecule has 156 valence electrons. The molecule has 0 atom stereocenters. The van der Waals surface area contributed by atoms with Gasteiger partial charge in [-0.3, -0.25) is 20.0 Å². The lowest BCUT2D eigenvalue weighted by Gasteiger charge is -2.21. The second-order valence-corrected chi connectivity index (χ2v) is 6.50. The van der Waals surface area contributed by atoms with Gasteiger partial charge in [0.1, 0.15) is 5.84 Å². The molecule has 0 aliphatic carbocycles. The van der Waals surface area contributed by atoms with E-state index < -0.39 is 5.76 Å². The molecule has 3 rings (SSSR count). The van der Waals surface area contributed by atoms with Crippen LogP contribution in [0.5, 0.6) is 0 Å². The number of nitrogens with zero attached hydrogens (tertiary/aromatic N) is 1. The fourth-order valence-corrected chi connectivity index (χ4v) is 2.91. The highest BCUT2D eigenvalue weighted by molar-refractivity contribution is 5.99. The molecule has 10 nitrogen and oxygen atoms in total. The van der Waals surface area contributed by atoms with E-state index in [1.165, 1.54) is 11.0 Å². The van der Waals surface area contributed by atoms with Gasteiger partial charge < -0.3 is 25.5 Å². The van der Waals surface area contributed by atoms with Crippen molar-refractivity contribution in [1.82, 2.24) is 4.98 Å². The third-order valence-corrected chi connectivity index (χ3v) is 4.39. The van der Waals surface area contributed by atoms with Crippen molar-refractivity contribution < 1.29 is 19.1 Å². The number of H-pyrrole nitrogens is 1. The number of aliphatic hydroxyl groups excluding tert-OH is 1. The minimum atomic E-state index is -0.602. The third kappa shape index (κ3) is 4.92.